The van der Waals surface area contributed by atoms with E-state index in [1.54, 1.807) is 39.0 Å². The van der Waals surface area contributed by atoms with Crippen LogP contribution in [0.1, 0.15) is 31.3 Å². The van der Waals surface area contributed by atoms with Crippen LogP contribution in [0.5, 0.6) is 0 Å². The third kappa shape index (κ3) is 5.66. The Bertz CT molecular complexity index is 852. The Labute approximate surface area is 151 Å². The van der Waals surface area contributed by atoms with Gasteiger partial charge in [0.1, 0.15) is 0 Å². The predicted molar refractivity (Wildman–Crippen MR) is 98.9 cm³/mol. The van der Waals surface area contributed by atoms with E-state index < -0.39 is 21.5 Å². The molecule has 0 aliphatic rings. The molecule has 2 aromatic rings. The number of anilines is 1. The number of carbonyl (C=O) groups is 1. The summed E-state index contributed by atoms with van der Waals surface area (Å²) >= 11 is 5.05. The number of furan rings is 1. The van der Waals surface area contributed by atoms with Gasteiger partial charge in [-0.1, -0.05) is 0 Å². The van der Waals surface area contributed by atoms with Crippen LogP contribution in [0.2, 0.25) is 0 Å². The maximum atomic E-state index is 12.2. The lowest BCUT2D eigenvalue weighted by molar-refractivity contribution is 0.0950. The quantitative estimate of drug-likeness (QED) is 0.704. The van der Waals surface area contributed by atoms with Crippen molar-refractivity contribution < 1.29 is 17.6 Å². The highest BCUT2D eigenvalue weighted by Gasteiger charge is 2.21. The molecule has 1 aromatic heterocycles. The molecule has 1 aromatic carbocycles. The van der Waals surface area contributed by atoms with Crippen molar-refractivity contribution in [1.82, 2.24) is 10.0 Å². The first-order valence-electron chi connectivity index (χ1n) is 7.37. The molecule has 9 heteroatoms. The molecule has 134 valence electrons. The number of amides is 1. The molecular weight excluding hydrogens is 362 g/mol. The first kappa shape index (κ1) is 19.1. The molecule has 0 saturated heterocycles. The summed E-state index contributed by atoms with van der Waals surface area (Å²) in [5.41, 5.74) is -0.0348. The third-order valence-electron chi connectivity index (χ3n) is 2.84. The molecule has 1 heterocycles. The molecular formula is C16H19N3O4S2. The van der Waals surface area contributed by atoms with Crippen LogP contribution in [0.25, 0.3) is 0 Å². The van der Waals surface area contributed by atoms with Gasteiger partial charge in [0, 0.05) is 11.2 Å². The standard InChI is InChI=1S/C16H19N3O4S2/c1-16(2,3)19-25(21,22)12-8-6-11(7-9-12)17-15(24)18-14(20)13-5-4-10-23-13/h4-10,19H,1-3H3,(H2,17,18,20,24). The van der Waals surface area contributed by atoms with E-state index in [1.165, 1.54) is 24.5 Å². The summed E-state index contributed by atoms with van der Waals surface area (Å²) < 4.78 is 32.0. The average Bonchev–Trinajstić information content (AvgIpc) is 2.99. The second-order valence-electron chi connectivity index (χ2n) is 6.27. The molecule has 0 bridgehead atoms. The number of carbonyl (C=O) groups excluding carboxylic acids is 1. The molecule has 25 heavy (non-hydrogen) atoms. The molecule has 7 nitrogen and oxygen atoms in total. The molecule has 3 N–H and O–H groups in total. The fourth-order valence-corrected chi connectivity index (χ4v) is 3.54. The maximum Gasteiger partial charge on any atom is 0.293 e. The molecule has 0 unspecified atom stereocenters. The van der Waals surface area contributed by atoms with Gasteiger partial charge in [-0.2, -0.15) is 0 Å². The summed E-state index contributed by atoms with van der Waals surface area (Å²) in [5, 5.41) is 5.34. The Kier molecular flexibility index (Phi) is 5.61. The number of hydrogen-bond acceptors (Lipinski definition) is 5. The molecule has 0 aliphatic carbocycles. The van der Waals surface area contributed by atoms with Crippen LogP contribution in [0.4, 0.5) is 5.69 Å². The van der Waals surface area contributed by atoms with Gasteiger partial charge in [0.25, 0.3) is 5.91 Å². The van der Waals surface area contributed by atoms with Crippen molar-refractivity contribution in [3.8, 4) is 0 Å². The van der Waals surface area contributed by atoms with Crippen LogP contribution in [-0.4, -0.2) is 25.0 Å². The lowest BCUT2D eigenvalue weighted by atomic mass is 10.1. The van der Waals surface area contributed by atoms with Crippen molar-refractivity contribution in [2.45, 2.75) is 31.2 Å². The van der Waals surface area contributed by atoms with Crippen LogP contribution in [0.3, 0.4) is 0 Å². The number of benzene rings is 1. The minimum atomic E-state index is -3.60. The van der Waals surface area contributed by atoms with E-state index in [4.69, 9.17) is 16.6 Å². The van der Waals surface area contributed by atoms with Gasteiger partial charge in [-0.05, 0) is 69.4 Å². The van der Waals surface area contributed by atoms with Gasteiger partial charge in [0.15, 0.2) is 10.9 Å². The van der Waals surface area contributed by atoms with E-state index in [1.807, 2.05) is 0 Å². The largest absolute Gasteiger partial charge is 0.459 e. The average molecular weight is 381 g/mol. The van der Waals surface area contributed by atoms with Gasteiger partial charge in [-0.3, -0.25) is 10.1 Å². The summed E-state index contributed by atoms with van der Waals surface area (Å²) in [5.74, 6) is -0.338. The van der Waals surface area contributed by atoms with Crippen molar-refractivity contribution in [2.24, 2.45) is 0 Å². The van der Waals surface area contributed by atoms with E-state index in [2.05, 4.69) is 15.4 Å². The molecule has 0 fully saturated rings. The Morgan fingerprint density at radius 1 is 1.12 bits per heavy atom. The fourth-order valence-electron chi connectivity index (χ4n) is 1.91. The summed E-state index contributed by atoms with van der Waals surface area (Å²) in [7, 11) is -3.60. The minimum Gasteiger partial charge on any atom is -0.459 e. The van der Waals surface area contributed by atoms with Crippen LogP contribution < -0.4 is 15.4 Å². The van der Waals surface area contributed by atoms with Crippen molar-refractivity contribution >= 4 is 38.9 Å². The van der Waals surface area contributed by atoms with Crippen LogP contribution in [-0.2, 0) is 10.0 Å². The highest BCUT2D eigenvalue weighted by molar-refractivity contribution is 7.89. The van der Waals surface area contributed by atoms with Crippen molar-refractivity contribution in [3.05, 3.63) is 48.4 Å². The van der Waals surface area contributed by atoms with Crippen LogP contribution in [0.15, 0.2) is 52.0 Å². The maximum absolute atomic E-state index is 12.2. The summed E-state index contributed by atoms with van der Waals surface area (Å²) in [4.78, 5) is 11.9. The first-order chi connectivity index (χ1) is 11.6. The van der Waals surface area contributed by atoms with E-state index in [-0.39, 0.29) is 15.8 Å². The molecule has 0 atom stereocenters. The van der Waals surface area contributed by atoms with E-state index in [9.17, 15) is 13.2 Å². The van der Waals surface area contributed by atoms with Crippen LogP contribution in [0, 0.1) is 0 Å². The van der Waals surface area contributed by atoms with Crippen molar-refractivity contribution in [1.29, 1.82) is 0 Å². The summed E-state index contributed by atoms with van der Waals surface area (Å²) in [6, 6.07) is 9.13. The Hall–Kier alpha value is -2.23. The third-order valence-corrected chi connectivity index (χ3v) is 4.81. The monoisotopic (exact) mass is 381 g/mol. The number of hydrogen-bond donors (Lipinski definition) is 3. The SMILES string of the molecule is CC(C)(C)NS(=O)(=O)c1ccc(NC(=S)NC(=O)c2ccco2)cc1. The second kappa shape index (κ2) is 7.34. The normalized spacial score (nSPS) is 11.8. The highest BCUT2D eigenvalue weighted by atomic mass is 32.2. The zero-order valence-corrected chi connectivity index (χ0v) is 15.6. The zero-order valence-electron chi connectivity index (χ0n) is 14.0. The number of rotatable bonds is 4. The van der Waals surface area contributed by atoms with E-state index in [0.29, 0.717) is 5.69 Å². The first-order valence-corrected chi connectivity index (χ1v) is 9.26. The number of thiocarbonyl (C=S) groups is 1. The molecule has 1 amide bonds. The van der Waals surface area contributed by atoms with Gasteiger partial charge in [-0.25, -0.2) is 13.1 Å². The topological polar surface area (TPSA) is 100 Å². The Balaban J connectivity index is 2.00. The molecule has 0 saturated carbocycles. The van der Waals surface area contributed by atoms with Crippen LogP contribution >= 0.6 is 12.2 Å². The molecule has 0 spiro atoms. The van der Waals surface area contributed by atoms with E-state index >= 15 is 0 Å². The lowest BCUT2D eigenvalue weighted by Gasteiger charge is -2.20. The predicted octanol–water partition coefficient (Wildman–Crippen LogP) is 2.48. The lowest BCUT2D eigenvalue weighted by Crippen LogP contribution is -2.40. The van der Waals surface area contributed by atoms with Gasteiger partial charge < -0.3 is 9.73 Å². The summed E-state index contributed by atoms with van der Waals surface area (Å²) in [6.07, 6.45) is 1.39. The highest BCUT2D eigenvalue weighted by Crippen LogP contribution is 2.16. The minimum absolute atomic E-state index is 0.0739. The van der Waals surface area contributed by atoms with Gasteiger partial charge >= 0.3 is 0 Å². The Morgan fingerprint density at radius 3 is 2.28 bits per heavy atom. The fraction of sp³-hybridized carbons (Fsp3) is 0.250. The zero-order chi connectivity index (χ0) is 18.7. The second-order valence-corrected chi connectivity index (χ2v) is 8.36. The smallest absolute Gasteiger partial charge is 0.293 e. The molecule has 0 aliphatic heterocycles. The van der Waals surface area contributed by atoms with Crippen molar-refractivity contribution in [3.63, 3.8) is 0 Å². The van der Waals surface area contributed by atoms with Crippen molar-refractivity contribution in [2.75, 3.05) is 5.32 Å². The van der Waals surface area contributed by atoms with Gasteiger partial charge in [-0.15, -0.1) is 0 Å². The van der Waals surface area contributed by atoms with E-state index in [0.717, 1.165) is 0 Å². The Morgan fingerprint density at radius 2 is 1.76 bits per heavy atom. The number of nitrogens with one attached hydrogen (secondary N) is 3. The summed E-state index contributed by atoms with van der Waals surface area (Å²) in [6.45, 7) is 5.29. The number of sulfonamides is 1. The van der Waals surface area contributed by atoms with Gasteiger partial charge in [0.2, 0.25) is 10.0 Å². The molecule has 0 radical (unpaired) electrons. The molecule has 2 rings (SSSR count). The van der Waals surface area contributed by atoms with Gasteiger partial charge in [0.05, 0.1) is 11.2 Å².